The quantitative estimate of drug-likeness (QED) is 0.182. The van der Waals surface area contributed by atoms with Crippen LogP contribution in [0.25, 0.3) is 0 Å². The summed E-state index contributed by atoms with van der Waals surface area (Å²) in [5.74, 6) is -8.40. The first kappa shape index (κ1) is 33.5. The zero-order chi connectivity index (χ0) is 33.3. The summed E-state index contributed by atoms with van der Waals surface area (Å²) < 4.78 is 154. The largest absolute Gasteiger partial charge is 0.461 e. The van der Waals surface area contributed by atoms with Gasteiger partial charge in [0.15, 0.2) is 11.6 Å². The molecule has 0 bridgehead atoms. The summed E-state index contributed by atoms with van der Waals surface area (Å²) in [7, 11) is 0. The van der Waals surface area contributed by atoms with E-state index in [0.29, 0.717) is 42.5 Å². The van der Waals surface area contributed by atoms with Gasteiger partial charge >= 0.3 is 18.7 Å². The highest BCUT2D eigenvalue weighted by molar-refractivity contribution is 6.30. The van der Waals surface area contributed by atoms with E-state index in [-0.39, 0.29) is 22.3 Å². The van der Waals surface area contributed by atoms with Crippen molar-refractivity contribution >= 4 is 17.5 Å². The van der Waals surface area contributed by atoms with Crippen LogP contribution in [0.4, 0.5) is 48.3 Å². The lowest BCUT2D eigenvalue weighted by Crippen LogP contribution is -2.49. The Bertz CT molecular complexity index is 1720. The highest BCUT2D eigenvalue weighted by atomic mass is 35.5. The average molecular weight is 669 g/mol. The lowest BCUT2D eigenvalue weighted by molar-refractivity contribution is -0.253. The number of carbonyl (C=O) groups excluding carboxylic acids is 1. The van der Waals surface area contributed by atoms with Gasteiger partial charge in [0.05, 0.1) is 16.3 Å². The Labute approximate surface area is 251 Å². The van der Waals surface area contributed by atoms with Crippen LogP contribution in [0.5, 0.6) is 5.75 Å². The average Bonchev–Trinajstić information content (AvgIpc) is 2.94. The van der Waals surface area contributed by atoms with E-state index < -0.39 is 82.3 Å². The van der Waals surface area contributed by atoms with Gasteiger partial charge in [-0.2, -0.15) is 30.7 Å². The molecular weight excluding hydrogens is 653 g/mol. The van der Waals surface area contributed by atoms with E-state index in [4.69, 9.17) is 11.6 Å². The minimum atomic E-state index is -5.24. The van der Waals surface area contributed by atoms with Crippen molar-refractivity contribution in [2.45, 2.75) is 30.7 Å². The van der Waals surface area contributed by atoms with E-state index in [9.17, 15) is 53.1 Å². The van der Waals surface area contributed by atoms with Crippen molar-refractivity contribution in [2.24, 2.45) is 0 Å². The maximum Gasteiger partial charge on any atom is 0.461 e. The summed E-state index contributed by atoms with van der Waals surface area (Å²) in [6.45, 7) is 0. The summed E-state index contributed by atoms with van der Waals surface area (Å²) in [5, 5.41) is 2.31. The third-order valence-corrected chi connectivity index (χ3v) is 6.57. The van der Waals surface area contributed by atoms with E-state index in [0.717, 1.165) is 18.3 Å². The van der Waals surface area contributed by atoms with Crippen molar-refractivity contribution in [2.75, 3.05) is 0 Å². The molecule has 3 aromatic carbocycles. The Morgan fingerprint density at radius 3 is 2.13 bits per heavy atom. The van der Waals surface area contributed by atoms with Crippen LogP contribution >= 0.6 is 11.6 Å². The zero-order valence-electron chi connectivity index (χ0n) is 22.0. The lowest BCUT2D eigenvalue weighted by atomic mass is 9.80. The first-order valence-corrected chi connectivity index (χ1v) is 12.7. The van der Waals surface area contributed by atoms with Crippen molar-refractivity contribution in [1.29, 1.82) is 0 Å². The molecule has 0 saturated carbocycles. The number of pyridine rings is 1. The van der Waals surface area contributed by atoms with E-state index in [1.165, 1.54) is 6.07 Å². The van der Waals surface area contributed by atoms with Crippen molar-refractivity contribution in [1.82, 2.24) is 10.3 Å². The number of hydrogen-bond donors (Lipinski definition) is 1. The second kappa shape index (κ2) is 12.5. The Morgan fingerprint density at radius 2 is 1.53 bits per heavy atom. The molecule has 0 saturated heterocycles. The maximum atomic E-state index is 14.9. The topological polar surface area (TPSA) is 51.2 Å². The summed E-state index contributed by atoms with van der Waals surface area (Å²) >= 11 is 5.92. The van der Waals surface area contributed by atoms with Gasteiger partial charge in [-0.1, -0.05) is 17.7 Å². The molecule has 238 valence electrons. The molecule has 0 aliphatic carbocycles. The molecule has 0 unspecified atom stereocenters. The fourth-order valence-electron chi connectivity index (χ4n) is 4.32. The molecule has 1 aromatic heterocycles. The molecule has 0 radical (unpaired) electrons. The molecule has 1 heterocycles. The number of rotatable bonds is 9. The van der Waals surface area contributed by atoms with E-state index in [1.807, 2.05) is 0 Å². The fourth-order valence-corrected chi connectivity index (χ4v) is 4.44. The number of amides is 1. The Balaban J connectivity index is 1.99. The molecule has 0 fully saturated rings. The fraction of sp³-hybridized carbons (Fsp3) is 0.172. The number of halogens is 12. The van der Waals surface area contributed by atoms with E-state index in [1.54, 1.807) is 0 Å². The number of nitrogens with one attached hydrogen (secondary N) is 1. The monoisotopic (exact) mass is 668 g/mol. The highest BCUT2D eigenvalue weighted by Gasteiger charge is 2.45. The van der Waals surface area contributed by atoms with Crippen LogP contribution in [0.2, 0.25) is 5.02 Å². The summed E-state index contributed by atoms with van der Waals surface area (Å²) in [6.07, 6.45) is -14.5. The van der Waals surface area contributed by atoms with E-state index in [2.05, 4.69) is 15.0 Å². The Hall–Kier alpha value is -4.40. The molecule has 4 nitrogen and oxygen atoms in total. The van der Waals surface area contributed by atoms with Crippen LogP contribution in [0, 0.1) is 23.3 Å². The molecule has 1 N–H and O–H groups in total. The van der Waals surface area contributed by atoms with Gasteiger partial charge in [-0.05, 0) is 65.7 Å². The first-order chi connectivity index (χ1) is 20.9. The standard InChI is InChI=1S/C29H16ClF11N2O2/c30-17-3-6-24(42-13-17)27(12-14-1-4-22(33)23(34)7-14,16-9-18(31)11-19(10-16)45-29(40,41)26(35)36)43-25(44)15-2-5-21(32)20(8-15)28(37,38)39/h1-11,13,26H,12H2,(H,43,44)/t27-/m0/s1. The number of aromatic nitrogens is 1. The van der Waals surface area contributed by atoms with Crippen LogP contribution in [0.1, 0.15) is 32.7 Å². The Morgan fingerprint density at radius 1 is 0.844 bits per heavy atom. The molecule has 45 heavy (non-hydrogen) atoms. The predicted octanol–water partition coefficient (Wildman–Crippen LogP) is 8.46. The maximum absolute atomic E-state index is 14.9. The zero-order valence-corrected chi connectivity index (χ0v) is 22.8. The van der Waals surface area contributed by atoms with Gasteiger partial charge in [-0.15, -0.1) is 0 Å². The molecule has 0 spiro atoms. The molecule has 0 aliphatic heterocycles. The molecule has 0 aliphatic rings. The van der Waals surface area contributed by atoms with E-state index >= 15 is 0 Å². The second-order valence-electron chi connectivity index (χ2n) is 9.48. The SMILES string of the molecule is O=C(N[C@@](Cc1ccc(F)c(F)c1)(c1cc(F)cc(OC(F)(F)C(F)F)c1)c1ccc(Cl)cn1)c1ccc(F)c(C(F)(F)F)c1. The van der Waals surface area contributed by atoms with Gasteiger partial charge in [0.25, 0.3) is 5.91 Å². The van der Waals surface area contributed by atoms with Gasteiger partial charge in [0.2, 0.25) is 0 Å². The highest BCUT2D eigenvalue weighted by Crippen LogP contribution is 2.38. The minimum Gasteiger partial charge on any atom is -0.428 e. The van der Waals surface area contributed by atoms with Crippen LogP contribution in [-0.4, -0.2) is 23.4 Å². The summed E-state index contributed by atoms with van der Waals surface area (Å²) in [4.78, 5) is 17.6. The van der Waals surface area contributed by atoms with Crippen LogP contribution in [0.3, 0.4) is 0 Å². The number of ether oxygens (including phenoxy) is 1. The third kappa shape index (κ3) is 7.47. The predicted molar refractivity (Wildman–Crippen MR) is 137 cm³/mol. The first-order valence-electron chi connectivity index (χ1n) is 12.3. The second-order valence-corrected chi connectivity index (χ2v) is 9.92. The summed E-state index contributed by atoms with van der Waals surface area (Å²) in [6, 6.07) is 7.33. The van der Waals surface area contributed by atoms with Crippen molar-refractivity contribution in [3.63, 3.8) is 0 Å². The van der Waals surface area contributed by atoms with Crippen LogP contribution in [-0.2, 0) is 18.1 Å². The van der Waals surface area contributed by atoms with Gasteiger partial charge < -0.3 is 10.1 Å². The number of carbonyl (C=O) groups is 1. The lowest BCUT2D eigenvalue weighted by Gasteiger charge is -2.36. The van der Waals surface area contributed by atoms with Gasteiger partial charge in [0.1, 0.15) is 22.9 Å². The molecular formula is C29H16ClF11N2O2. The third-order valence-electron chi connectivity index (χ3n) is 6.35. The van der Waals surface area contributed by atoms with Crippen LogP contribution in [0.15, 0.2) is 72.9 Å². The van der Waals surface area contributed by atoms with Crippen molar-refractivity contribution in [3.8, 4) is 5.75 Å². The molecule has 16 heteroatoms. The number of nitrogens with zero attached hydrogens (tertiary/aromatic N) is 1. The van der Waals surface area contributed by atoms with Gasteiger partial charge in [0, 0.05) is 24.2 Å². The van der Waals surface area contributed by atoms with Crippen molar-refractivity contribution in [3.05, 3.63) is 129 Å². The molecule has 1 amide bonds. The Kier molecular flexibility index (Phi) is 9.33. The molecule has 4 aromatic rings. The number of hydrogen-bond acceptors (Lipinski definition) is 3. The molecule has 1 atom stereocenters. The minimum absolute atomic E-state index is 0.00000288. The van der Waals surface area contributed by atoms with Crippen molar-refractivity contribution < 1.29 is 57.8 Å². The van der Waals surface area contributed by atoms with Crippen LogP contribution < -0.4 is 10.1 Å². The van der Waals surface area contributed by atoms with Gasteiger partial charge in [-0.25, -0.2) is 17.6 Å². The van der Waals surface area contributed by atoms with Gasteiger partial charge in [-0.3, -0.25) is 9.78 Å². The smallest absolute Gasteiger partial charge is 0.428 e. The normalized spacial score (nSPS) is 13.4. The number of benzene rings is 3. The summed E-state index contributed by atoms with van der Waals surface area (Å²) in [5.41, 5.74) is -6.07. The number of alkyl halides is 7. The molecule has 4 rings (SSSR count).